The third-order valence-electron chi connectivity index (χ3n) is 1.94. The van der Waals surface area contributed by atoms with Gasteiger partial charge in [0.2, 0.25) is 0 Å². The van der Waals surface area contributed by atoms with Crippen molar-refractivity contribution in [3.05, 3.63) is 10.4 Å². The van der Waals surface area contributed by atoms with Crippen molar-refractivity contribution in [3.63, 3.8) is 0 Å². The Kier molecular flexibility index (Phi) is 3.16. The van der Waals surface area contributed by atoms with Crippen molar-refractivity contribution in [2.24, 2.45) is 5.73 Å². The van der Waals surface area contributed by atoms with E-state index in [9.17, 15) is 0 Å². The topological polar surface area (TPSA) is 81.1 Å². The molecule has 7 heteroatoms. The summed E-state index contributed by atoms with van der Waals surface area (Å²) in [6.45, 7) is 0.597. The van der Waals surface area contributed by atoms with Gasteiger partial charge >= 0.3 is 0 Å². The van der Waals surface area contributed by atoms with E-state index >= 15 is 0 Å². The van der Waals surface area contributed by atoms with Crippen molar-refractivity contribution in [2.45, 2.75) is 6.42 Å². The molecule has 0 bridgehead atoms. The summed E-state index contributed by atoms with van der Waals surface area (Å²) in [5, 5.41) is 6.72. The van der Waals surface area contributed by atoms with Crippen LogP contribution in [0.5, 0.6) is 0 Å². The van der Waals surface area contributed by atoms with E-state index in [1.807, 2.05) is 19.5 Å². The molecule has 0 saturated heterocycles. The fourth-order valence-corrected chi connectivity index (χ4v) is 1.94. The number of rotatable bonds is 4. The number of thiazole rings is 1. The minimum absolute atomic E-state index is 0.447. The molecule has 2 N–H and O–H groups in total. The Balaban J connectivity index is 2.21. The summed E-state index contributed by atoms with van der Waals surface area (Å²) < 4.78 is 5.11. The highest BCUT2D eigenvalue weighted by molar-refractivity contribution is 7.09. The number of hydrogen-bond acceptors (Lipinski definition) is 7. The smallest absolute Gasteiger partial charge is 0.278 e. The molecule has 0 aliphatic rings. The maximum atomic E-state index is 5.46. The van der Waals surface area contributed by atoms with Gasteiger partial charge in [-0.1, -0.05) is 0 Å². The summed E-state index contributed by atoms with van der Waals surface area (Å²) in [5.74, 6) is 0.992. The van der Waals surface area contributed by atoms with Crippen molar-refractivity contribution in [2.75, 3.05) is 25.5 Å². The van der Waals surface area contributed by atoms with Gasteiger partial charge < -0.3 is 15.2 Å². The van der Waals surface area contributed by atoms with E-state index in [1.54, 1.807) is 16.2 Å². The van der Waals surface area contributed by atoms with Crippen LogP contribution in [0.1, 0.15) is 5.01 Å². The van der Waals surface area contributed by atoms with Crippen LogP contribution in [-0.4, -0.2) is 35.8 Å². The maximum Gasteiger partial charge on any atom is 0.278 e. The minimum atomic E-state index is 0.447. The van der Waals surface area contributed by atoms with Gasteiger partial charge in [0.15, 0.2) is 0 Å². The molecule has 0 aliphatic carbocycles. The molecular weight excluding hydrogens is 226 g/mol. The first-order valence-electron chi connectivity index (χ1n) is 4.86. The quantitative estimate of drug-likeness (QED) is 0.848. The molecule has 2 aromatic heterocycles. The molecule has 0 aromatic carbocycles. The summed E-state index contributed by atoms with van der Waals surface area (Å²) in [6, 6.07) is 0. The fraction of sp³-hybridized carbons (Fsp3) is 0.444. The average Bonchev–Trinajstić information content (AvgIpc) is 2.84. The summed E-state index contributed by atoms with van der Waals surface area (Å²) in [4.78, 5) is 10.4. The van der Waals surface area contributed by atoms with Crippen LogP contribution in [0.15, 0.2) is 9.90 Å². The van der Waals surface area contributed by atoms with E-state index in [-0.39, 0.29) is 0 Å². The lowest BCUT2D eigenvalue weighted by Gasteiger charge is -2.01. The van der Waals surface area contributed by atoms with E-state index in [0.29, 0.717) is 24.1 Å². The van der Waals surface area contributed by atoms with Crippen LogP contribution >= 0.6 is 11.3 Å². The zero-order chi connectivity index (χ0) is 11.5. The monoisotopic (exact) mass is 239 g/mol. The lowest BCUT2D eigenvalue weighted by Crippen LogP contribution is -2.10. The molecule has 0 atom stereocenters. The summed E-state index contributed by atoms with van der Waals surface area (Å²) in [6.07, 6.45) is 0.777. The lowest BCUT2D eigenvalue weighted by molar-refractivity contribution is 0.429. The van der Waals surface area contributed by atoms with Crippen LogP contribution in [0.25, 0.3) is 11.6 Å². The molecule has 0 fully saturated rings. The first-order chi connectivity index (χ1) is 7.70. The molecular formula is C9H13N5OS. The predicted molar refractivity (Wildman–Crippen MR) is 62.5 cm³/mol. The Morgan fingerprint density at radius 1 is 1.44 bits per heavy atom. The largest absolute Gasteiger partial charge is 0.344 e. The first kappa shape index (κ1) is 11.0. The zero-order valence-electron chi connectivity index (χ0n) is 9.17. The second kappa shape index (κ2) is 4.58. The maximum absolute atomic E-state index is 5.46. The van der Waals surface area contributed by atoms with Gasteiger partial charge in [0.05, 0.1) is 5.01 Å². The fourth-order valence-electron chi connectivity index (χ4n) is 1.15. The molecule has 0 spiro atoms. The van der Waals surface area contributed by atoms with Crippen LogP contribution in [0.3, 0.4) is 0 Å². The molecule has 2 heterocycles. The van der Waals surface area contributed by atoms with Gasteiger partial charge in [-0.05, 0) is 11.7 Å². The second-order valence-corrected chi connectivity index (χ2v) is 4.40. The third-order valence-corrected chi connectivity index (χ3v) is 2.85. The van der Waals surface area contributed by atoms with Crippen LogP contribution < -0.4 is 10.6 Å². The van der Waals surface area contributed by atoms with Crippen molar-refractivity contribution in [1.29, 1.82) is 0 Å². The number of hydrogen-bond donors (Lipinski definition) is 1. The van der Waals surface area contributed by atoms with Crippen molar-refractivity contribution >= 4 is 17.3 Å². The van der Waals surface area contributed by atoms with E-state index in [4.69, 9.17) is 10.3 Å². The Bertz CT molecular complexity index is 464. The van der Waals surface area contributed by atoms with E-state index < -0.39 is 0 Å². The van der Waals surface area contributed by atoms with Gasteiger partial charge in [-0.3, -0.25) is 0 Å². The highest BCUT2D eigenvalue weighted by atomic mass is 32.1. The van der Waals surface area contributed by atoms with Crippen LogP contribution in [0.2, 0.25) is 0 Å². The van der Waals surface area contributed by atoms with Gasteiger partial charge in [-0.15, -0.1) is 11.3 Å². The second-order valence-electron chi connectivity index (χ2n) is 3.46. The van der Waals surface area contributed by atoms with Crippen molar-refractivity contribution < 1.29 is 4.52 Å². The van der Waals surface area contributed by atoms with E-state index in [0.717, 1.165) is 11.4 Å². The highest BCUT2D eigenvalue weighted by Crippen LogP contribution is 2.21. The third kappa shape index (κ3) is 2.20. The SMILES string of the molecule is CN(C)c1noc(-c2csc(CCN)n2)n1. The van der Waals surface area contributed by atoms with Crippen LogP contribution in [0, 0.1) is 0 Å². The average molecular weight is 239 g/mol. The first-order valence-corrected chi connectivity index (χ1v) is 5.74. The molecule has 0 amide bonds. The predicted octanol–water partition coefficient (Wildman–Crippen LogP) is 0.760. The van der Waals surface area contributed by atoms with Gasteiger partial charge in [0.25, 0.3) is 11.8 Å². The minimum Gasteiger partial charge on any atom is -0.344 e. The Morgan fingerprint density at radius 3 is 2.88 bits per heavy atom. The zero-order valence-corrected chi connectivity index (χ0v) is 9.99. The molecule has 0 saturated carbocycles. The van der Waals surface area contributed by atoms with Gasteiger partial charge in [0.1, 0.15) is 5.69 Å². The molecule has 0 aliphatic heterocycles. The normalized spacial score (nSPS) is 10.7. The summed E-state index contributed by atoms with van der Waals surface area (Å²) in [7, 11) is 3.71. The number of nitrogens with zero attached hydrogens (tertiary/aromatic N) is 4. The molecule has 2 aromatic rings. The van der Waals surface area contributed by atoms with Crippen LogP contribution in [0.4, 0.5) is 5.95 Å². The molecule has 86 valence electrons. The van der Waals surface area contributed by atoms with Gasteiger partial charge in [0, 0.05) is 25.9 Å². The summed E-state index contributed by atoms with van der Waals surface area (Å²) in [5.41, 5.74) is 6.18. The number of aromatic nitrogens is 3. The standard InChI is InChI=1S/C9H13N5OS/c1-14(2)9-12-8(15-13-9)6-5-16-7(11-6)3-4-10/h5H,3-4,10H2,1-2H3. The Labute approximate surface area is 97.1 Å². The highest BCUT2D eigenvalue weighted by Gasteiger charge is 2.13. The van der Waals surface area contributed by atoms with E-state index in [2.05, 4.69) is 15.1 Å². The van der Waals surface area contributed by atoms with Crippen molar-refractivity contribution in [3.8, 4) is 11.6 Å². The van der Waals surface area contributed by atoms with E-state index in [1.165, 1.54) is 0 Å². The van der Waals surface area contributed by atoms with Gasteiger partial charge in [-0.2, -0.15) is 4.98 Å². The molecule has 6 nitrogen and oxygen atoms in total. The van der Waals surface area contributed by atoms with Crippen LogP contribution in [-0.2, 0) is 6.42 Å². The van der Waals surface area contributed by atoms with Crippen molar-refractivity contribution in [1.82, 2.24) is 15.1 Å². The molecule has 2 rings (SSSR count). The Hall–Kier alpha value is -1.47. The molecule has 16 heavy (non-hydrogen) atoms. The lowest BCUT2D eigenvalue weighted by atomic mass is 10.4. The summed E-state index contributed by atoms with van der Waals surface area (Å²) >= 11 is 1.55. The number of nitrogens with two attached hydrogens (primary N) is 1. The molecule has 0 radical (unpaired) electrons. The Morgan fingerprint density at radius 2 is 2.25 bits per heavy atom. The number of anilines is 1. The van der Waals surface area contributed by atoms with Gasteiger partial charge in [-0.25, -0.2) is 4.98 Å². The molecule has 0 unspecified atom stereocenters.